The maximum atomic E-state index is 12.8. The van der Waals surface area contributed by atoms with Crippen LogP contribution in [-0.4, -0.2) is 21.0 Å². The summed E-state index contributed by atoms with van der Waals surface area (Å²) in [6.07, 6.45) is 0. The number of esters is 1. The zero-order chi connectivity index (χ0) is 19.3. The molecule has 2 aromatic rings. The molecular formula is C20H23NO4S. The molecule has 0 aromatic heterocycles. The number of nitrogens with one attached hydrogen (secondary N) is 1. The van der Waals surface area contributed by atoms with Crippen molar-refractivity contribution in [2.45, 2.75) is 31.7 Å². The summed E-state index contributed by atoms with van der Waals surface area (Å²) in [7, 11) is -3.85. The minimum atomic E-state index is -3.85. The number of ether oxygens (including phenoxy) is 1. The highest BCUT2D eigenvalue weighted by atomic mass is 32.2. The smallest absolute Gasteiger partial charge is 0.335 e. The molecule has 1 atom stereocenters. The van der Waals surface area contributed by atoms with Gasteiger partial charge in [0.1, 0.15) is 0 Å². The Hall–Kier alpha value is -2.44. The van der Waals surface area contributed by atoms with E-state index >= 15 is 0 Å². The topological polar surface area (TPSA) is 72.5 Å². The minimum Gasteiger partial charge on any atom is -0.463 e. The van der Waals surface area contributed by atoms with Gasteiger partial charge in [-0.15, -0.1) is 0 Å². The second kappa shape index (κ2) is 8.29. The zero-order valence-electron chi connectivity index (χ0n) is 15.2. The van der Waals surface area contributed by atoms with Crippen LogP contribution in [0.3, 0.4) is 0 Å². The van der Waals surface area contributed by atoms with Gasteiger partial charge in [-0.1, -0.05) is 54.1 Å². The highest BCUT2D eigenvalue weighted by Gasteiger charge is 2.27. The zero-order valence-corrected chi connectivity index (χ0v) is 16.0. The third-order valence-corrected chi connectivity index (χ3v) is 5.34. The van der Waals surface area contributed by atoms with Crippen LogP contribution < -0.4 is 4.72 Å². The Labute approximate surface area is 154 Å². The van der Waals surface area contributed by atoms with Crippen molar-refractivity contribution in [1.29, 1.82) is 0 Å². The summed E-state index contributed by atoms with van der Waals surface area (Å²) in [5.41, 5.74) is 2.63. The van der Waals surface area contributed by atoms with E-state index in [-0.39, 0.29) is 17.1 Å². The Balaban J connectivity index is 2.40. The lowest BCUT2D eigenvalue weighted by atomic mass is 10.00. The van der Waals surface area contributed by atoms with Crippen LogP contribution >= 0.6 is 0 Å². The molecule has 1 unspecified atom stereocenters. The summed E-state index contributed by atoms with van der Waals surface area (Å²) in [6, 6.07) is 12.8. The second-order valence-electron chi connectivity index (χ2n) is 6.02. The Morgan fingerprint density at radius 1 is 1.04 bits per heavy atom. The summed E-state index contributed by atoms with van der Waals surface area (Å²) >= 11 is 0. The third-order valence-electron chi connectivity index (χ3n) is 3.90. The largest absolute Gasteiger partial charge is 0.463 e. The summed E-state index contributed by atoms with van der Waals surface area (Å²) in [4.78, 5) is 12.3. The van der Waals surface area contributed by atoms with Crippen LogP contribution in [0.15, 0.2) is 65.6 Å². The van der Waals surface area contributed by atoms with Crippen LogP contribution in [-0.2, 0) is 19.6 Å². The van der Waals surface area contributed by atoms with Gasteiger partial charge in [-0.25, -0.2) is 13.2 Å². The SMILES string of the molecule is C=C(C(=O)OCC)C(NS(=O)(=O)c1ccc(C)cc1)c1ccc(C)cc1. The van der Waals surface area contributed by atoms with Gasteiger partial charge in [0.15, 0.2) is 0 Å². The highest BCUT2D eigenvalue weighted by molar-refractivity contribution is 7.89. The molecule has 2 rings (SSSR count). The first-order valence-corrected chi connectivity index (χ1v) is 9.74. The third kappa shape index (κ3) is 4.80. The predicted octanol–water partition coefficient (Wildman–Crippen LogP) is 3.44. The van der Waals surface area contributed by atoms with Gasteiger partial charge in [-0.2, -0.15) is 4.72 Å². The highest BCUT2D eigenvalue weighted by Crippen LogP contribution is 2.25. The molecule has 0 spiro atoms. The molecule has 0 bridgehead atoms. The molecule has 2 aromatic carbocycles. The molecule has 1 N–H and O–H groups in total. The number of aryl methyl sites for hydroxylation is 2. The van der Waals surface area contributed by atoms with Crippen molar-refractivity contribution in [3.8, 4) is 0 Å². The maximum Gasteiger partial charge on any atom is 0.335 e. The molecule has 0 heterocycles. The number of sulfonamides is 1. The number of carbonyl (C=O) groups is 1. The van der Waals surface area contributed by atoms with Crippen molar-refractivity contribution in [3.05, 3.63) is 77.4 Å². The standard InChI is InChI=1S/C20H23NO4S/c1-5-25-20(22)16(4)19(17-10-6-14(2)7-11-17)21-26(23,24)18-12-8-15(3)9-13-18/h6-13,19,21H,4-5H2,1-3H3. The van der Waals surface area contributed by atoms with Crippen molar-refractivity contribution in [2.75, 3.05) is 6.61 Å². The van der Waals surface area contributed by atoms with Crippen LogP contribution in [0.2, 0.25) is 0 Å². The van der Waals surface area contributed by atoms with E-state index in [4.69, 9.17) is 4.74 Å². The van der Waals surface area contributed by atoms with E-state index in [0.717, 1.165) is 11.1 Å². The maximum absolute atomic E-state index is 12.8. The van der Waals surface area contributed by atoms with Gasteiger partial charge in [0.25, 0.3) is 0 Å². The fourth-order valence-corrected chi connectivity index (χ4v) is 3.60. The molecule has 0 aliphatic rings. The van der Waals surface area contributed by atoms with Crippen molar-refractivity contribution >= 4 is 16.0 Å². The van der Waals surface area contributed by atoms with E-state index in [9.17, 15) is 13.2 Å². The molecule has 6 heteroatoms. The summed E-state index contributed by atoms with van der Waals surface area (Å²) in [5, 5.41) is 0. The van der Waals surface area contributed by atoms with Crippen molar-refractivity contribution in [3.63, 3.8) is 0 Å². The van der Waals surface area contributed by atoms with E-state index in [2.05, 4.69) is 11.3 Å². The van der Waals surface area contributed by atoms with Crippen LogP contribution in [0.25, 0.3) is 0 Å². The molecule has 0 saturated heterocycles. The van der Waals surface area contributed by atoms with Crippen LogP contribution in [0.5, 0.6) is 0 Å². The molecule has 138 valence electrons. The van der Waals surface area contributed by atoms with E-state index in [1.807, 2.05) is 26.0 Å². The Bertz CT molecular complexity index is 884. The van der Waals surface area contributed by atoms with Crippen LogP contribution in [0, 0.1) is 13.8 Å². The van der Waals surface area contributed by atoms with E-state index in [0.29, 0.717) is 5.56 Å². The Morgan fingerprint density at radius 3 is 2.04 bits per heavy atom. The minimum absolute atomic E-state index is 0.0337. The number of hydrogen-bond acceptors (Lipinski definition) is 4. The molecule has 0 amide bonds. The van der Waals surface area contributed by atoms with Crippen LogP contribution in [0.1, 0.15) is 29.7 Å². The molecule has 26 heavy (non-hydrogen) atoms. The monoisotopic (exact) mass is 373 g/mol. The van der Waals surface area contributed by atoms with Gasteiger partial charge in [0.05, 0.1) is 23.1 Å². The van der Waals surface area contributed by atoms with Gasteiger partial charge in [0, 0.05) is 0 Å². The number of rotatable bonds is 7. The Morgan fingerprint density at radius 2 is 1.54 bits per heavy atom. The molecule has 5 nitrogen and oxygen atoms in total. The lowest BCUT2D eigenvalue weighted by Gasteiger charge is -2.21. The summed E-state index contributed by atoms with van der Waals surface area (Å²) < 4.78 is 33.1. The molecule has 0 saturated carbocycles. The summed E-state index contributed by atoms with van der Waals surface area (Å²) in [6.45, 7) is 9.43. The van der Waals surface area contributed by atoms with Crippen molar-refractivity contribution < 1.29 is 17.9 Å². The summed E-state index contributed by atoms with van der Waals surface area (Å²) in [5.74, 6) is -0.635. The molecular weight excluding hydrogens is 350 g/mol. The van der Waals surface area contributed by atoms with Gasteiger partial charge >= 0.3 is 5.97 Å². The molecule has 0 radical (unpaired) electrons. The van der Waals surface area contributed by atoms with Gasteiger partial charge < -0.3 is 4.74 Å². The van der Waals surface area contributed by atoms with Crippen molar-refractivity contribution in [1.82, 2.24) is 4.72 Å². The number of hydrogen-bond donors (Lipinski definition) is 1. The lowest BCUT2D eigenvalue weighted by Crippen LogP contribution is -2.32. The fourth-order valence-electron chi connectivity index (χ4n) is 2.38. The second-order valence-corrected chi connectivity index (χ2v) is 7.74. The lowest BCUT2D eigenvalue weighted by molar-refractivity contribution is -0.138. The first-order chi connectivity index (χ1) is 12.2. The average molecular weight is 373 g/mol. The van der Waals surface area contributed by atoms with E-state index in [1.54, 1.807) is 31.2 Å². The van der Waals surface area contributed by atoms with Crippen molar-refractivity contribution in [2.24, 2.45) is 0 Å². The predicted molar refractivity (Wildman–Crippen MR) is 101 cm³/mol. The fraction of sp³-hybridized carbons (Fsp3) is 0.250. The molecule has 0 aliphatic heterocycles. The number of benzene rings is 2. The van der Waals surface area contributed by atoms with Gasteiger partial charge in [0.2, 0.25) is 10.0 Å². The molecule has 0 fully saturated rings. The first-order valence-electron chi connectivity index (χ1n) is 8.26. The van der Waals surface area contributed by atoms with Gasteiger partial charge in [-0.05, 0) is 38.5 Å². The average Bonchev–Trinajstić information content (AvgIpc) is 2.60. The van der Waals surface area contributed by atoms with E-state index in [1.165, 1.54) is 12.1 Å². The Kier molecular flexibility index (Phi) is 6.34. The van der Waals surface area contributed by atoms with Gasteiger partial charge in [-0.3, -0.25) is 0 Å². The quantitative estimate of drug-likeness (QED) is 0.596. The normalized spacial score (nSPS) is 12.4. The molecule has 0 aliphatic carbocycles. The van der Waals surface area contributed by atoms with E-state index < -0.39 is 22.0 Å². The van der Waals surface area contributed by atoms with Crippen LogP contribution in [0.4, 0.5) is 0 Å². The first kappa shape index (κ1) is 19.9. The number of carbonyl (C=O) groups excluding carboxylic acids is 1.